The van der Waals surface area contributed by atoms with Gasteiger partial charge in [0.2, 0.25) is 0 Å². The predicted molar refractivity (Wildman–Crippen MR) is 96.9 cm³/mol. The maximum Gasteiger partial charge on any atom is 0.262 e. The zero-order valence-electron chi connectivity index (χ0n) is 14.6. The van der Waals surface area contributed by atoms with Gasteiger partial charge in [-0.15, -0.1) is 0 Å². The number of hydrogen-bond acceptors (Lipinski definition) is 3. The van der Waals surface area contributed by atoms with Crippen molar-refractivity contribution < 1.29 is 14.3 Å². The molecule has 4 nitrogen and oxygen atoms in total. The highest BCUT2D eigenvalue weighted by molar-refractivity contribution is 5.91. The summed E-state index contributed by atoms with van der Waals surface area (Å²) in [4.78, 5) is 12.0. The Balaban J connectivity index is 1.82. The van der Waals surface area contributed by atoms with Crippen LogP contribution in [-0.4, -0.2) is 19.1 Å². The summed E-state index contributed by atoms with van der Waals surface area (Å²) in [5.74, 6) is 1.37. The topological polar surface area (TPSA) is 47.6 Å². The average molecular weight is 327 g/mol. The van der Waals surface area contributed by atoms with E-state index in [2.05, 4.69) is 12.2 Å². The standard InChI is InChI=1S/C20H25NO3/c1-4-5-13-23-18-11-9-17(10-12-18)21-20(22)14-24-19-8-6-7-15(2)16(19)3/h6-12H,4-5,13-14H2,1-3H3,(H,21,22). The summed E-state index contributed by atoms with van der Waals surface area (Å²) in [6, 6.07) is 13.2. The zero-order chi connectivity index (χ0) is 17.4. The molecular formula is C20H25NO3. The second-order valence-electron chi connectivity index (χ2n) is 5.76. The van der Waals surface area contributed by atoms with Crippen molar-refractivity contribution in [2.45, 2.75) is 33.6 Å². The number of anilines is 1. The lowest BCUT2D eigenvalue weighted by molar-refractivity contribution is -0.118. The summed E-state index contributed by atoms with van der Waals surface area (Å²) >= 11 is 0. The van der Waals surface area contributed by atoms with Crippen LogP contribution in [0.15, 0.2) is 42.5 Å². The number of hydrogen-bond donors (Lipinski definition) is 1. The van der Waals surface area contributed by atoms with Crippen molar-refractivity contribution in [3.63, 3.8) is 0 Å². The third kappa shape index (κ3) is 5.30. The molecule has 128 valence electrons. The van der Waals surface area contributed by atoms with Gasteiger partial charge in [-0.1, -0.05) is 25.5 Å². The van der Waals surface area contributed by atoms with Gasteiger partial charge in [0.15, 0.2) is 6.61 Å². The van der Waals surface area contributed by atoms with Gasteiger partial charge in [-0.25, -0.2) is 0 Å². The zero-order valence-corrected chi connectivity index (χ0v) is 14.6. The first-order valence-electron chi connectivity index (χ1n) is 8.32. The van der Waals surface area contributed by atoms with Crippen LogP contribution in [0, 0.1) is 13.8 Å². The minimum Gasteiger partial charge on any atom is -0.494 e. The fraction of sp³-hybridized carbons (Fsp3) is 0.350. The molecule has 24 heavy (non-hydrogen) atoms. The molecule has 0 unspecified atom stereocenters. The molecule has 1 N–H and O–H groups in total. The highest BCUT2D eigenvalue weighted by atomic mass is 16.5. The van der Waals surface area contributed by atoms with Gasteiger partial charge in [-0.3, -0.25) is 4.79 Å². The Bertz CT molecular complexity index is 665. The minimum absolute atomic E-state index is 0.0148. The van der Waals surface area contributed by atoms with E-state index in [1.165, 1.54) is 0 Å². The first-order chi connectivity index (χ1) is 11.6. The van der Waals surface area contributed by atoms with Crippen molar-refractivity contribution >= 4 is 11.6 Å². The molecule has 0 fully saturated rings. The van der Waals surface area contributed by atoms with Crippen molar-refractivity contribution in [2.75, 3.05) is 18.5 Å². The average Bonchev–Trinajstić information content (AvgIpc) is 2.58. The van der Waals surface area contributed by atoms with Crippen molar-refractivity contribution in [3.05, 3.63) is 53.6 Å². The lowest BCUT2D eigenvalue weighted by Crippen LogP contribution is -2.20. The molecule has 1 amide bonds. The summed E-state index contributed by atoms with van der Waals surface area (Å²) in [7, 11) is 0. The normalized spacial score (nSPS) is 10.3. The van der Waals surface area contributed by atoms with Crippen LogP contribution in [0.1, 0.15) is 30.9 Å². The quantitative estimate of drug-likeness (QED) is 0.726. The number of carbonyl (C=O) groups is 1. The lowest BCUT2D eigenvalue weighted by Gasteiger charge is -2.11. The maximum absolute atomic E-state index is 12.0. The highest BCUT2D eigenvalue weighted by Gasteiger charge is 2.07. The van der Waals surface area contributed by atoms with Crippen LogP contribution in [0.4, 0.5) is 5.69 Å². The molecule has 2 aromatic carbocycles. The van der Waals surface area contributed by atoms with Crippen LogP contribution in [-0.2, 0) is 4.79 Å². The lowest BCUT2D eigenvalue weighted by atomic mass is 10.1. The summed E-state index contributed by atoms with van der Waals surface area (Å²) in [6.45, 7) is 6.83. The molecule has 0 bridgehead atoms. The largest absolute Gasteiger partial charge is 0.494 e. The molecular weight excluding hydrogens is 302 g/mol. The Labute approximate surface area is 143 Å². The summed E-state index contributed by atoms with van der Waals surface area (Å²) in [5.41, 5.74) is 2.93. The van der Waals surface area contributed by atoms with Crippen molar-refractivity contribution in [1.82, 2.24) is 0 Å². The second-order valence-corrected chi connectivity index (χ2v) is 5.76. The number of aryl methyl sites for hydroxylation is 1. The van der Waals surface area contributed by atoms with E-state index in [1.807, 2.05) is 56.3 Å². The van der Waals surface area contributed by atoms with E-state index in [0.717, 1.165) is 41.2 Å². The predicted octanol–water partition coefficient (Wildman–Crippen LogP) is 4.50. The molecule has 0 saturated carbocycles. The molecule has 0 aliphatic rings. The fourth-order valence-electron chi connectivity index (χ4n) is 2.19. The van der Waals surface area contributed by atoms with E-state index < -0.39 is 0 Å². The Morgan fingerprint density at radius 1 is 1.04 bits per heavy atom. The van der Waals surface area contributed by atoms with Crippen molar-refractivity contribution in [2.24, 2.45) is 0 Å². The smallest absolute Gasteiger partial charge is 0.262 e. The molecule has 0 aliphatic carbocycles. The number of benzene rings is 2. The molecule has 2 rings (SSSR count). The van der Waals surface area contributed by atoms with E-state index in [0.29, 0.717) is 6.61 Å². The first kappa shape index (κ1) is 17.9. The SMILES string of the molecule is CCCCOc1ccc(NC(=O)COc2cccc(C)c2C)cc1. The third-order valence-electron chi connectivity index (χ3n) is 3.82. The van der Waals surface area contributed by atoms with E-state index in [9.17, 15) is 4.79 Å². The van der Waals surface area contributed by atoms with Crippen molar-refractivity contribution in [3.8, 4) is 11.5 Å². The molecule has 0 heterocycles. The molecule has 0 spiro atoms. The van der Waals surface area contributed by atoms with Crippen LogP contribution in [0.3, 0.4) is 0 Å². The Morgan fingerprint density at radius 2 is 1.79 bits per heavy atom. The Morgan fingerprint density at radius 3 is 2.50 bits per heavy atom. The number of unbranched alkanes of at least 4 members (excludes halogenated alkanes) is 1. The molecule has 2 aromatic rings. The number of ether oxygens (including phenoxy) is 2. The molecule has 0 atom stereocenters. The number of carbonyl (C=O) groups excluding carboxylic acids is 1. The van der Waals surface area contributed by atoms with Crippen LogP contribution in [0.2, 0.25) is 0 Å². The van der Waals surface area contributed by atoms with Gasteiger partial charge in [0.05, 0.1) is 6.61 Å². The Kier molecular flexibility index (Phi) is 6.67. The number of amides is 1. The second kappa shape index (κ2) is 8.96. The van der Waals surface area contributed by atoms with E-state index in [4.69, 9.17) is 9.47 Å². The molecule has 0 saturated heterocycles. The molecule has 0 aromatic heterocycles. The van der Waals surface area contributed by atoms with E-state index >= 15 is 0 Å². The van der Waals surface area contributed by atoms with Crippen LogP contribution < -0.4 is 14.8 Å². The fourth-order valence-corrected chi connectivity index (χ4v) is 2.19. The van der Waals surface area contributed by atoms with Gasteiger partial charge in [0.25, 0.3) is 5.91 Å². The minimum atomic E-state index is -0.185. The van der Waals surface area contributed by atoms with Crippen molar-refractivity contribution in [1.29, 1.82) is 0 Å². The molecule has 0 radical (unpaired) electrons. The summed E-state index contributed by atoms with van der Waals surface area (Å²) < 4.78 is 11.2. The molecule has 4 heteroatoms. The molecule has 0 aliphatic heterocycles. The maximum atomic E-state index is 12.0. The summed E-state index contributed by atoms with van der Waals surface area (Å²) in [6.07, 6.45) is 2.14. The number of nitrogens with one attached hydrogen (secondary N) is 1. The van der Waals surface area contributed by atoms with Gasteiger partial charge >= 0.3 is 0 Å². The highest BCUT2D eigenvalue weighted by Crippen LogP contribution is 2.20. The Hall–Kier alpha value is -2.49. The van der Waals surface area contributed by atoms with Crippen LogP contribution >= 0.6 is 0 Å². The van der Waals surface area contributed by atoms with Gasteiger partial charge in [-0.05, 0) is 61.7 Å². The third-order valence-corrected chi connectivity index (χ3v) is 3.82. The first-order valence-corrected chi connectivity index (χ1v) is 8.32. The summed E-state index contributed by atoms with van der Waals surface area (Å²) in [5, 5.41) is 2.82. The van der Waals surface area contributed by atoms with Gasteiger partial charge in [0.1, 0.15) is 11.5 Å². The van der Waals surface area contributed by atoms with Crippen LogP contribution in [0.25, 0.3) is 0 Å². The van der Waals surface area contributed by atoms with Crippen LogP contribution in [0.5, 0.6) is 11.5 Å². The van der Waals surface area contributed by atoms with E-state index in [-0.39, 0.29) is 12.5 Å². The van der Waals surface area contributed by atoms with E-state index in [1.54, 1.807) is 0 Å². The van der Waals surface area contributed by atoms with Gasteiger partial charge in [-0.2, -0.15) is 0 Å². The number of rotatable bonds is 8. The van der Waals surface area contributed by atoms with Gasteiger partial charge < -0.3 is 14.8 Å². The van der Waals surface area contributed by atoms with Gasteiger partial charge in [0, 0.05) is 5.69 Å². The monoisotopic (exact) mass is 327 g/mol.